The lowest BCUT2D eigenvalue weighted by Crippen LogP contribution is -2.43. The molecule has 0 spiro atoms. The average Bonchev–Trinajstić information content (AvgIpc) is 3.23. The summed E-state index contributed by atoms with van der Waals surface area (Å²) >= 11 is 12.3. The van der Waals surface area contributed by atoms with Crippen LogP contribution in [0.5, 0.6) is 0 Å². The monoisotopic (exact) mass is 577 g/mol. The van der Waals surface area contributed by atoms with Crippen molar-refractivity contribution in [3.63, 3.8) is 0 Å². The van der Waals surface area contributed by atoms with Gasteiger partial charge in [0, 0.05) is 30.4 Å². The maximum absolute atomic E-state index is 13.9. The zero-order valence-corrected chi connectivity index (χ0v) is 21.3. The van der Waals surface area contributed by atoms with Gasteiger partial charge in [0.15, 0.2) is 17.5 Å². The second-order valence-electron chi connectivity index (χ2n) is 8.54. The van der Waals surface area contributed by atoms with Gasteiger partial charge in [-0.1, -0.05) is 23.2 Å². The van der Waals surface area contributed by atoms with Gasteiger partial charge in [-0.05, 0) is 35.9 Å². The van der Waals surface area contributed by atoms with Crippen LogP contribution in [0.1, 0.15) is 11.1 Å². The topological polar surface area (TPSA) is 120 Å². The number of hydrogen-bond donors (Lipinski definition) is 2. The highest BCUT2D eigenvalue weighted by atomic mass is 35.5. The van der Waals surface area contributed by atoms with Crippen molar-refractivity contribution in [3.05, 3.63) is 113 Å². The summed E-state index contributed by atoms with van der Waals surface area (Å²) in [7, 11) is 1.71. The van der Waals surface area contributed by atoms with Crippen LogP contribution in [0.4, 0.5) is 24.8 Å². The molecule has 0 atom stereocenters. The highest BCUT2D eigenvalue weighted by Gasteiger charge is 2.19. The molecule has 0 unspecified atom stereocenters. The molecular formula is C24H16Cl2F3N7O3. The van der Waals surface area contributed by atoms with E-state index in [9.17, 15) is 27.6 Å². The Morgan fingerprint density at radius 3 is 2.41 bits per heavy atom. The van der Waals surface area contributed by atoms with E-state index in [4.69, 9.17) is 23.2 Å². The second-order valence-corrected chi connectivity index (χ2v) is 9.38. The van der Waals surface area contributed by atoms with E-state index in [0.717, 1.165) is 4.57 Å². The summed E-state index contributed by atoms with van der Waals surface area (Å²) < 4.78 is 44.5. The summed E-state index contributed by atoms with van der Waals surface area (Å²) in [5, 5.41) is 8.07. The lowest BCUT2D eigenvalue weighted by molar-refractivity contribution is 0.444. The van der Waals surface area contributed by atoms with Crippen molar-refractivity contribution in [3.8, 4) is 0 Å². The fourth-order valence-corrected chi connectivity index (χ4v) is 4.35. The third-order valence-electron chi connectivity index (χ3n) is 5.76. The average molecular weight is 578 g/mol. The molecular weight excluding hydrogens is 562 g/mol. The van der Waals surface area contributed by atoms with Crippen molar-refractivity contribution in [1.82, 2.24) is 28.9 Å². The Morgan fingerprint density at radius 1 is 0.974 bits per heavy atom. The standard InChI is InChI=1S/C24H16Cl2F3N7O3/c1-34-9-12-5-19(15(26)6-18(12)33-34)31-22-32-23(38)36(10-13-4-14(25)7-30-21(13)37)24(39)35(22)8-11-2-16(27)20(29)17(28)3-11/h2-7,9H,8,10H2,1H3,(H,30,37)(H,31,32,38). The van der Waals surface area contributed by atoms with Gasteiger partial charge in [-0.15, -0.1) is 0 Å². The predicted octanol–water partition coefficient (Wildman–Crippen LogP) is 3.54. The fourth-order valence-electron chi connectivity index (χ4n) is 3.96. The minimum atomic E-state index is -1.68. The predicted molar refractivity (Wildman–Crippen MR) is 138 cm³/mol. The molecule has 0 bridgehead atoms. The van der Waals surface area contributed by atoms with Crippen LogP contribution in [0.3, 0.4) is 0 Å². The van der Waals surface area contributed by atoms with Crippen LogP contribution in [-0.2, 0) is 20.1 Å². The quantitative estimate of drug-likeness (QED) is 0.298. The van der Waals surface area contributed by atoms with Crippen molar-refractivity contribution in [2.24, 2.45) is 7.05 Å². The van der Waals surface area contributed by atoms with Crippen molar-refractivity contribution < 1.29 is 13.2 Å². The molecule has 0 aliphatic heterocycles. The van der Waals surface area contributed by atoms with Crippen molar-refractivity contribution in [2.45, 2.75) is 13.1 Å². The number of H-pyrrole nitrogens is 1. The molecule has 0 saturated heterocycles. The summed E-state index contributed by atoms with van der Waals surface area (Å²) in [4.78, 5) is 45.0. The molecule has 0 aliphatic rings. The van der Waals surface area contributed by atoms with E-state index in [0.29, 0.717) is 27.6 Å². The van der Waals surface area contributed by atoms with Gasteiger partial charge in [0.25, 0.3) is 5.56 Å². The minimum absolute atomic E-state index is 0.0142. The fraction of sp³-hybridized carbons (Fsp3) is 0.125. The smallest absolute Gasteiger partial charge is 0.327 e. The normalized spacial score (nSPS) is 11.3. The molecule has 0 saturated carbocycles. The van der Waals surface area contributed by atoms with Crippen LogP contribution in [-0.4, -0.2) is 28.9 Å². The number of aromatic nitrogens is 6. The Labute approximate surface area is 225 Å². The molecule has 0 radical (unpaired) electrons. The van der Waals surface area contributed by atoms with Crippen molar-refractivity contribution in [1.29, 1.82) is 0 Å². The number of halogens is 5. The molecule has 3 heterocycles. The Hall–Kier alpha value is -4.36. The minimum Gasteiger partial charge on any atom is -0.327 e. The maximum Gasteiger partial charge on any atom is 0.355 e. The van der Waals surface area contributed by atoms with E-state index in [1.165, 1.54) is 12.3 Å². The Balaban J connectivity index is 1.66. The third-order valence-corrected chi connectivity index (χ3v) is 6.29. The Kier molecular flexibility index (Phi) is 6.78. The van der Waals surface area contributed by atoms with E-state index < -0.39 is 47.5 Å². The molecule has 200 valence electrons. The summed E-state index contributed by atoms with van der Waals surface area (Å²) in [6.45, 7) is -1.03. The molecule has 3 aromatic heterocycles. The van der Waals surface area contributed by atoms with Crippen molar-refractivity contribution >= 4 is 45.7 Å². The largest absolute Gasteiger partial charge is 0.355 e. The number of aromatic amines is 1. The molecule has 5 aromatic rings. The van der Waals surface area contributed by atoms with Crippen molar-refractivity contribution in [2.75, 3.05) is 5.32 Å². The Morgan fingerprint density at radius 2 is 1.69 bits per heavy atom. The molecule has 2 N–H and O–H groups in total. The van der Waals surface area contributed by atoms with Gasteiger partial charge in [0.1, 0.15) is 0 Å². The van der Waals surface area contributed by atoms with Gasteiger partial charge in [-0.25, -0.2) is 27.3 Å². The molecule has 15 heteroatoms. The first-order chi connectivity index (χ1) is 18.5. The summed E-state index contributed by atoms with van der Waals surface area (Å²) in [5.74, 6) is -4.94. The van der Waals surface area contributed by atoms with Crippen LogP contribution < -0.4 is 22.3 Å². The number of anilines is 2. The number of pyridine rings is 1. The highest BCUT2D eigenvalue weighted by Crippen LogP contribution is 2.29. The first kappa shape index (κ1) is 26.3. The highest BCUT2D eigenvalue weighted by molar-refractivity contribution is 6.34. The van der Waals surface area contributed by atoms with Gasteiger partial charge < -0.3 is 10.3 Å². The van der Waals surface area contributed by atoms with Crippen LogP contribution >= 0.6 is 23.2 Å². The molecule has 39 heavy (non-hydrogen) atoms. The van der Waals surface area contributed by atoms with Gasteiger partial charge in [0.2, 0.25) is 5.95 Å². The van der Waals surface area contributed by atoms with Gasteiger partial charge in [0.05, 0.1) is 34.3 Å². The van der Waals surface area contributed by atoms with Gasteiger partial charge in [-0.2, -0.15) is 10.1 Å². The zero-order chi connectivity index (χ0) is 28.0. The lowest BCUT2D eigenvalue weighted by atomic mass is 10.2. The van der Waals surface area contributed by atoms with Gasteiger partial charge in [-0.3, -0.25) is 14.0 Å². The SMILES string of the molecule is Cn1cc2cc(Nc3nc(=O)n(Cc4cc(Cl)c[nH]c4=O)c(=O)n3Cc3cc(F)c(F)c(F)c3)c(Cl)cc2n1. The lowest BCUT2D eigenvalue weighted by Gasteiger charge is -2.16. The van der Waals surface area contributed by atoms with E-state index in [1.54, 1.807) is 30.1 Å². The molecule has 10 nitrogen and oxygen atoms in total. The molecule has 0 aliphatic carbocycles. The van der Waals surface area contributed by atoms with Crippen LogP contribution in [0.15, 0.2) is 57.1 Å². The maximum atomic E-state index is 13.9. The van der Waals surface area contributed by atoms with E-state index in [-0.39, 0.29) is 32.8 Å². The zero-order valence-electron chi connectivity index (χ0n) is 19.8. The number of nitrogens with zero attached hydrogens (tertiary/aromatic N) is 5. The number of aryl methyl sites for hydroxylation is 1. The summed E-state index contributed by atoms with van der Waals surface area (Å²) in [5.41, 5.74) is -1.94. The second kappa shape index (κ2) is 10.1. The molecule has 5 rings (SSSR count). The van der Waals surface area contributed by atoms with Gasteiger partial charge >= 0.3 is 11.4 Å². The van der Waals surface area contributed by atoms with Crippen LogP contribution in [0.2, 0.25) is 10.0 Å². The molecule has 2 aromatic carbocycles. The first-order valence-electron chi connectivity index (χ1n) is 11.1. The molecule has 0 fully saturated rings. The van der Waals surface area contributed by atoms with E-state index in [2.05, 4.69) is 20.4 Å². The van der Waals surface area contributed by atoms with Crippen LogP contribution in [0, 0.1) is 17.5 Å². The third kappa shape index (κ3) is 5.18. The number of hydrogen-bond acceptors (Lipinski definition) is 6. The summed E-state index contributed by atoms with van der Waals surface area (Å²) in [6.07, 6.45) is 2.95. The molecule has 0 amide bonds. The van der Waals surface area contributed by atoms with E-state index in [1.807, 2.05) is 0 Å². The number of nitrogens with one attached hydrogen (secondary N) is 2. The van der Waals surface area contributed by atoms with E-state index >= 15 is 0 Å². The summed E-state index contributed by atoms with van der Waals surface area (Å²) in [6, 6.07) is 5.85. The van der Waals surface area contributed by atoms with Crippen LogP contribution in [0.25, 0.3) is 10.9 Å². The first-order valence-corrected chi connectivity index (χ1v) is 11.9. The number of fused-ring (bicyclic) bond motifs is 1. The number of benzene rings is 2. The number of rotatable bonds is 6. The Bertz CT molecular complexity index is 1930.